The summed E-state index contributed by atoms with van der Waals surface area (Å²) in [5.41, 5.74) is 5.41. The molecule has 3 nitrogen and oxygen atoms in total. The molecule has 0 aromatic rings. The van der Waals surface area contributed by atoms with Crippen molar-refractivity contribution in [2.24, 2.45) is 5.73 Å². The van der Waals surface area contributed by atoms with Crippen LogP contribution in [-0.4, -0.2) is 41.9 Å². The molecule has 0 bridgehead atoms. The first-order valence-electron chi connectivity index (χ1n) is 3.96. The predicted molar refractivity (Wildman–Crippen MR) is 42.9 cm³/mol. The molecule has 1 atom stereocenters. The zero-order valence-electron chi connectivity index (χ0n) is 7.00. The van der Waals surface area contributed by atoms with Gasteiger partial charge in [0.1, 0.15) is 0 Å². The topological polar surface area (TPSA) is 49.5 Å². The van der Waals surface area contributed by atoms with E-state index in [1.165, 1.54) is 11.6 Å². The smallest absolute Gasteiger partial charge is 0.376 e. The van der Waals surface area contributed by atoms with Crippen molar-refractivity contribution in [2.45, 2.75) is 25.2 Å². The Balaban J connectivity index is 2.58. The van der Waals surface area contributed by atoms with Crippen LogP contribution >= 0.6 is 0 Å². The minimum atomic E-state index is -2.76. The van der Waals surface area contributed by atoms with Gasteiger partial charge in [0.25, 0.3) is 5.92 Å². The van der Waals surface area contributed by atoms with Crippen LogP contribution in [0, 0.1) is 0 Å². The molecule has 6 heteroatoms. The maximum Gasteiger partial charge on any atom is 0.376 e. The van der Waals surface area contributed by atoms with E-state index in [2.05, 4.69) is 0 Å². The maximum atomic E-state index is 12.8. The summed E-state index contributed by atoms with van der Waals surface area (Å²) in [6, 6.07) is -0.539. The van der Waals surface area contributed by atoms with Crippen molar-refractivity contribution >= 4 is 7.05 Å². The Hall–Kier alpha value is -0.195. The number of halogens is 2. The number of hydrogen-bond acceptors (Lipinski definition) is 3. The molecule has 0 amide bonds. The van der Waals surface area contributed by atoms with E-state index in [1.807, 2.05) is 0 Å². The summed E-state index contributed by atoms with van der Waals surface area (Å²) < 4.78 is 25.7. The SMILES string of the molecule is CB(O)N1C[C@H](N)CC(F)(F)C1. The molecule has 1 aliphatic rings. The van der Waals surface area contributed by atoms with E-state index in [4.69, 9.17) is 10.8 Å². The Morgan fingerprint density at radius 3 is 2.67 bits per heavy atom. The zero-order chi connectivity index (χ0) is 9.35. The summed E-state index contributed by atoms with van der Waals surface area (Å²) in [7, 11) is -0.845. The van der Waals surface area contributed by atoms with Crippen LogP contribution < -0.4 is 5.73 Å². The lowest BCUT2D eigenvalue weighted by molar-refractivity contribution is -0.0537. The fourth-order valence-electron chi connectivity index (χ4n) is 1.46. The van der Waals surface area contributed by atoms with Gasteiger partial charge in [-0.15, -0.1) is 0 Å². The first-order chi connectivity index (χ1) is 5.41. The van der Waals surface area contributed by atoms with Gasteiger partial charge in [-0.2, -0.15) is 0 Å². The van der Waals surface area contributed by atoms with Gasteiger partial charge in [-0.1, -0.05) is 0 Å². The maximum absolute atomic E-state index is 12.8. The van der Waals surface area contributed by atoms with Crippen molar-refractivity contribution in [1.82, 2.24) is 4.81 Å². The van der Waals surface area contributed by atoms with E-state index in [0.29, 0.717) is 6.54 Å². The van der Waals surface area contributed by atoms with Gasteiger partial charge in [0.05, 0.1) is 6.54 Å². The fourth-order valence-corrected chi connectivity index (χ4v) is 1.46. The van der Waals surface area contributed by atoms with E-state index >= 15 is 0 Å². The van der Waals surface area contributed by atoms with Crippen molar-refractivity contribution in [3.05, 3.63) is 0 Å². The summed E-state index contributed by atoms with van der Waals surface area (Å²) >= 11 is 0. The van der Waals surface area contributed by atoms with E-state index in [1.54, 1.807) is 0 Å². The molecule has 0 aromatic carbocycles. The van der Waals surface area contributed by atoms with Gasteiger partial charge in [0, 0.05) is 19.0 Å². The number of nitrogens with zero attached hydrogens (tertiary/aromatic N) is 1. The third kappa shape index (κ3) is 2.40. The normalized spacial score (nSPS) is 30.2. The van der Waals surface area contributed by atoms with Crippen LogP contribution in [0.5, 0.6) is 0 Å². The van der Waals surface area contributed by atoms with Crippen molar-refractivity contribution in [2.75, 3.05) is 13.1 Å². The molecule has 0 spiro atoms. The van der Waals surface area contributed by atoms with Gasteiger partial charge in [0.2, 0.25) is 0 Å². The summed E-state index contributed by atoms with van der Waals surface area (Å²) in [5.74, 6) is -2.76. The Kier molecular flexibility index (Phi) is 2.70. The molecule has 70 valence electrons. The molecule has 0 aliphatic carbocycles. The second-order valence-corrected chi connectivity index (χ2v) is 3.38. The third-order valence-corrected chi connectivity index (χ3v) is 1.99. The highest BCUT2D eigenvalue weighted by atomic mass is 19.3. The number of alkyl halides is 2. The van der Waals surface area contributed by atoms with E-state index < -0.39 is 25.6 Å². The van der Waals surface area contributed by atoms with Gasteiger partial charge in [-0.25, -0.2) is 8.78 Å². The quantitative estimate of drug-likeness (QED) is 0.545. The minimum absolute atomic E-state index is 0.282. The molecule has 0 saturated carbocycles. The first kappa shape index (κ1) is 9.89. The molecule has 1 heterocycles. The second kappa shape index (κ2) is 3.28. The second-order valence-electron chi connectivity index (χ2n) is 3.38. The molecule has 1 rings (SSSR count). The number of piperidine rings is 1. The Morgan fingerprint density at radius 2 is 2.25 bits per heavy atom. The molecule has 3 N–H and O–H groups in total. The highest BCUT2D eigenvalue weighted by Crippen LogP contribution is 2.26. The predicted octanol–water partition coefficient (Wildman–Crippen LogP) is -0.235. The molecule has 1 fully saturated rings. The van der Waals surface area contributed by atoms with E-state index in [-0.39, 0.29) is 6.42 Å². The van der Waals surface area contributed by atoms with E-state index in [0.717, 1.165) is 0 Å². The zero-order valence-corrected chi connectivity index (χ0v) is 7.00. The molecule has 1 aliphatic heterocycles. The van der Waals surface area contributed by atoms with Crippen molar-refractivity contribution in [3.8, 4) is 0 Å². The van der Waals surface area contributed by atoms with Crippen LogP contribution in [0.1, 0.15) is 6.42 Å². The summed E-state index contributed by atoms with van der Waals surface area (Å²) in [6.45, 7) is 1.42. The molecule has 1 saturated heterocycles. The Bertz CT molecular complexity index is 168. The summed E-state index contributed by atoms with van der Waals surface area (Å²) in [4.78, 5) is 1.29. The lowest BCUT2D eigenvalue weighted by Gasteiger charge is -2.36. The lowest BCUT2D eigenvalue weighted by atomic mass is 9.81. The Labute approximate surface area is 70.7 Å². The fraction of sp³-hybridized carbons (Fsp3) is 1.00. The average molecular weight is 178 g/mol. The highest BCUT2D eigenvalue weighted by Gasteiger charge is 2.40. The van der Waals surface area contributed by atoms with Gasteiger partial charge in [-0.05, 0) is 6.82 Å². The van der Waals surface area contributed by atoms with Crippen LogP contribution in [-0.2, 0) is 0 Å². The first-order valence-corrected chi connectivity index (χ1v) is 3.96. The molecule has 0 aromatic heterocycles. The number of hydrogen-bond donors (Lipinski definition) is 2. The monoisotopic (exact) mass is 178 g/mol. The Morgan fingerprint density at radius 1 is 1.67 bits per heavy atom. The largest absolute Gasteiger partial charge is 0.437 e. The molecular weight excluding hydrogens is 165 g/mol. The van der Waals surface area contributed by atoms with Crippen LogP contribution in [0.3, 0.4) is 0 Å². The summed E-state index contributed by atoms with van der Waals surface area (Å²) in [5, 5.41) is 9.06. The van der Waals surface area contributed by atoms with Gasteiger partial charge < -0.3 is 15.6 Å². The summed E-state index contributed by atoms with van der Waals surface area (Å²) in [6.07, 6.45) is -0.282. The lowest BCUT2D eigenvalue weighted by Crippen LogP contribution is -2.56. The number of nitrogens with two attached hydrogens (primary N) is 1. The number of rotatable bonds is 1. The van der Waals surface area contributed by atoms with Crippen molar-refractivity contribution in [1.29, 1.82) is 0 Å². The minimum Gasteiger partial charge on any atom is -0.437 e. The van der Waals surface area contributed by atoms with Crippen LogP contribution in [0.15, 0.2) is 0 Å². The molecule has 0 radical (unpaired) electrons. The average Bonchev–Trinajstić information content (AvgIpc) is 1.82. The third-order valence-electron chi connectivity index (χ3n) is 1.99. The van der Waals surface area contributed by atoms with Crippen molar-refractivity contribution < 1.29 is 13.8 Å². The molecule has 0 unspecified atom stereocenters. The molecule has 12 heavy (non-hydrogen) atoms. The molecular formula is C6H13BF2N2O. The van der Waals surface area contributed by atoms with E-state index in [9.17, 15) is 8.78 Å². The van der Waals surface area contributed by atoms with Gasteiger partial charge >= 0.3 is 7.05 Å². The van der Waals surface area contributed by atoms with Gasteiger partial charge in [-0.3, -0.25) is 0 Å². The highest BCUT2D eigenvalue weighted by molar-refractivity contribution is 6.45. The van der Waals surface area contributed by atoms with Crippen LogP contribution in [0.4, 0.5) is 8.78 Å². The van der Waals surface area contributed by atoms with Gasteiger partial charge in [0.15, 0.2) is 0 Å². The standard InChI is InChI=1S/C6H13BF2N2O/c1-7(12)11-3-5(10)2-6(8,9)4-11/h5,12H,2-4,10H2,1H3/t5-/m1/s1. The van der Waals surface area contributed by atoms with Crippen LogP contribution in [0.25, 0.3) is 0 Å². The van der Waals surface area contributed by atoms with Crippen LogP contribution in [0.2, 0.25) is 6.82 Å². The van der Waals surface area contributed by atoms with Crippen molar-refractivity contribution in [3.63, 3.8) is 0 Å².